The van der Waals surface area contributed by atoms with Crippen LogP contribution in [0.15, 0.2) is 17.0 Å². The maximum atomic E-state index is 13.6. The molecule has 0 fully saturated rings. The van der Waals surface area contributed by atoms with E-state index >= 15 is 0 Å². The third-order valence-electron chi connectivity index (χ3n) is 2.50. The van der Waals surface area contributed by atoms with Crippen LogP contribution in [0.2, 0.25) is 0 Å². The third kappa shape index (κ3) is 3.50. The van der Waals surface area contributed by atoms with E-state index in [0.717, 1.165) is 19.2 Å². The van der Waals surface area contributed by atoms with Crippen molar-refractivity contribution in [2.24, 2.45) is 0 Å². The molecule has 0 spiro atoms. The molecule has 1 aromatic carbocycles. The first kappa shape index (κ1) is 16.9. The van der Waals surface area contributed by atoms with Crippen LogP contribution in [0.3, 0.4) is 0 Å². The maximum absolute atomic E-state index is 13.6. The molecule has 0 aliphatic carbocycles. The Morgan fingerprint density at radius 1 is 1.45 bits per heavy atom. The van der Waals surface area contributed by atoms with E-state index in [1.54, 1.807) is 0 Å². The fourth-order valence-corrected chi connectivity index (χ4v) is 2.55. The van der Waals surface area contributed by atoms with Crippen molar-refractivity contribution < 1.29 is 26.9 Å². The van der Waals surface area contributed by atoms with Crippen LogP contribution in [0.4, 0.5) is 23.2 Å². The lowest BCUT2D eigenvalue weighted by Gasteiger charge is -2.21. The van der Waals surface area contributed by atoms with E-state index in [-0.39, 0.29) is 11.3 Å². The Balaban J connectivity index is 3.40. The Morgan fingerprint density at radius 2 is 1.95 bits per heavy atom. The monoisotopic (exact) mass is 332 g/mol. The largest absolute Gasteiger partial charge is 0.471 e. The average Bonchev–Trinajstić information content (AvgIpc) is 2.24. The number of aryl methyl sites for hydroxylation is 1. The normalized spacial score (nSPS) is 14.8. The Labute approximate surface area is 118 Å². The Morgan fingerprint density at radius 3 is 2.35 bits per heavy atom. The van der Waals surface area contributed by atoms with Crippen molar-refractivity contribution in [3.63, 3.8) is 0 Å². The fraction of sp³-hybridized carbons (Fsp3) is 0.273. The summed E-state index contributed by atoms with van der Waals surface area (Å²) in [6.45, 7) is 1.33. The summed E-state index contributed by atoms with van der Waals surface area (Å²) in [4.78, 5) is 11.0. The molecule has 0 saturated heterocycles. The predicted octanol–water partition coefficient (Wildman–Crippen LogP) is 3.23. The van der Waals surface area contributed by atoms with Gasteiger partial charge < -0.3 is 4.90 Å². The standard InChI is InChI=1S/C11H11ClF4NO2S/c1-6-4-7(13)9(20(3,12)19)5-8(6)17(2)10(18)11(14,15)16/h4-5,19H,3H2,1-2H3/q+1. The SMILES string of the molecule is C=[S+](O)(Cl)c1cc(N(C)C(=O)C(F)(F)F)c(C)cc1F. The van der Waals surface area contributed by atoms with Gasteiger partial charge in [0.25, 0.3) is 0 Å². The average molecular weight is 333 g/mol. The molecule has 0 aliphatic rings. The number of rotatable bonds is 2. The van der Waals surface area contributed by atoms with Gasteiger partial charge in [-0.05, 0) is 18.6 Å². The quantitative estimate of drug-likeness (QED) is 0.513. The first-order chi connectivity index (χ1) is 8.85. The predicted molar refractivity (Wildman–Crippen MR) is 71.8 cm³/mol. The van der Waals surface area contributed by atoms with Crippen LogP contribution in [0.25, 0.3) is 0 Å². The molecular formula is C11H11ClF4NO2S+. The van der Waals surface area contributed by atoms with Gasteiger partial charge in [-0.3, -0.25) is 4.79 Å². The third-order valence-corrected chi connectivity index (χ3v) is 3.98. The molecule has 1 N–H and O–H groups in total. The second-order valence-corrected chi connectivity index (χ2v) is 7.26. The number of hydrogen-bond acceptors (Lipinski definition) is 2. The molecule has 0 saturated carbocycles. The first-order valence-corrected chi connectivity index (χ1v) is 7.67. The van der Waals surface area contributed by atoms with E-state index in [0.29, 0.717) is 4.90 Å². The van der Waals surface area contributed by atoms with Gasteiger partial charge in [-0.1, -0.05) is 0 Å². The topological polar surface area (TPSA) is 40.5 Å². The van der Waals surface area contributed by atoms with Gasteiger partial charge in [0.15, 0.2) is 16.5 Å². The minimum absolute atomic E-state index is 0.0895. The summed E-state index contributed by atoms with van der Waals surface area (Å²) in [7, 11) is 3.18. The van der Waals surface area contributed by atoms with Crippen molar-refractivity contribution in [3.05, 3.63) is 23.5 Å². The van der Waals surface area contributed by atoms with E-state index in [1.807, 2.05) is 0 Å². The van der Waals surface area contributed by atoms with Crippen LogP contribution >= 0.6 is 10.7 Å². The number of hydrogen-bond donors (Lipinski definition) is 1. The van der Waals surface area contributed by atoms with Crippen molar-refractivity contribution in [1.29, 1.82) is 0 Å². The van der Waals surface area contributed by atoms with Gasteiger partial charge in [-0.15, -0.1) is 0 Å². The summed E-state index contributed by atoms with van der Waals surface area (Å²) in [6.07, 6.45) is -5.07. The Hall–Kier alpha value is -1.12. The molecular weight excluding hydrogens is 322 g/mol. The molecule has 1 rings (SSSR count). The number of benzene rings is 1. The first-order valence-electron chi connectivity index (χ1n) is 5.09. The number of nitrogens with zero attached hydrogens (tertiary/aromatic N) is 1. The number of anilines is 1. The van der Waals surface area contributed by atoms with E-state index in [1.165, 1.54) is 6.92 Å². The molecule has 0 aliphatic heterocycles. The number of carbonyl (C=O) groups is 1. The van der Waals surface area contributed by atoms with Crippen molar-refractivity contribution in [2.75, 3.05) is 11.9 Å². The lowest BCUT2D eigenvalue weighted by molar-refractivity contribution is -0.170. The zero-order chi connectivity index (χ0) is 15.9. The summed E-state index contributed by atoms with van der Waals surface area (Å²) >= 11 is 0. The van der Waals surface area contributed by atoms with Crippen LogP contribution in [0.5, 0.6) is 0 Å². The van der Waals surface area contributed by atoms with Gasteiger partial charge in [0.1, 0.15) is 9.11 Å². The van der Waals surface area contributed by atoms with Gasteiger partial charge in [-0.25, -0.2) is 8.94 Å². The number of amides is 1. The van der Waals surface area contributed by atoms with Gasteiger partial charge >= 0.3 is 12.1 Å². The number of alkyl halides is 3. The number of halogens is 5. The summed E-state index contributed by atoms with van der Waals surface area (Å²) in [6, 6.07) is 1.78. The lowest BCUT2D eigenvalue weighted by atomic mass is 10.2. The van der Waals surface area contributed by atoms with E-state index in [2.05, 4.69) is 5.87 Å². The summed E-state index contributed by atoms with van der Waals surface area (Å²) in [5.74, 6) is 0.147. The second kappa shape index (κ2) is 5.34. The highest BCUT2D eigenvalue weighted by atomic mass is 35.7. The molecule has 0 heterocycles. The molecule has 9 heteroatoms. The smallest absolute Gasteiger partial charge is 0.307 e. The van der Waals surface area contributed by atoms with Crippen molar-refractivity contribution in [3.8, 4) is 0 Å². The zero-order valence-corrected chi connectivity index (χ0v) is 12.0. The molecule has 20 heavy (non-hydrogen) atoms. The minimum Gasteiger partial charge on any atom is -0.307 e. The molecule has 1 atom stereocenters. The highest BCUT2D eigenvalue weighted by Crippen LogP contribution is 2.32. The van der Waals surface area contributed by atoms with Crippen molar-refractivity contribution in [1.82, 2.24) is 0 Å². The van der Waals surface area contributed by atoms with Crippen LogP contribution in [0.1, 0.15) is 5.56 Å². The van der Waals surface area contributed by atoms with Gasteiger partial charge in [0, 0.05) is 13.1 Å². The summed E-state index contributed by atoms with van der Waals surface area (Å²) in [5, 5.41) is 0. The number of carbonyl (C=O) groups excluding carboxylic acids is 1. The van der Waals surface area contributed by atoms with Crippen molar-refractivity contribution in [2.45, 2.75) is 18.0 Å². The molecule has 0 aromatic heterocycles. The van der Waals surface area contributed by atoms with Crippen LogP contribution in [0, 0.1) is 12.7 Å². The highest BCUT2D eigenvalue weighted by molar-refractivity contribution is 8.26. The van der Waals surface area contributed by atoms with Crippen LogP contribution in [-0.2, 0) is 13.9 Å². The maximum Gasteiger partial charge on any atom is 0.471 e. The summed E-state index contributed by atoms with van der Waals surface area (Å²) < 4.78 is 60.3. The zero-order valence-electron chi connectivity index (χ0n) is 10.5. The van der Waals surface area contributed by atoms with Crippen LogP contribution < -0.4 is 4.90 Å². The van der Waals surface area contributed by atoms with Gasteiger partial charge in [0.05, 0.1) is 11.6 Å². The fourth-order valence-electron chi connectivity index (χ4n) is 1.54. The van der Waals surface area contributed by atoms with E-state index in [9.17, 15) is 26.9 Å². The molecule has 112 valence electrons. The molecule has 1 amide bonds. The van der Waals surface area contributed by atoms with Gasteiger partial charge in [0.2, 0.25) is 4.90 Å². The molecule has 1 aromatic rings. The molecule has 0 bridgehead atoms. The van der Waals surface area contributed by atoms with Gasteiger partial charge in [-0.2, -0.15) is 13.2 Å². The minimum atomic E-state index is -5.07. The van der Waals surface area contributed by atoms with Crippen molar-refractivity contribution >= 4 is 37.3 Å². The molecule has 3 nitrogen and oxygen atoms in total. The van der Waals surface area contributed by atoms with E-state index < -0.39 is 31.9 Å². The second-order valence-electron chi connectivity index (χ2n) is 4.05. The summed E-state index contributed by atoms with van der Waals surface area (Å²) in [5.41, 5.74) is -0.120. The molecule has 1 unspecified atom stereocenters. The van der Waals surface area contributed by atoms with E-state index in [4.69, 9.17) is 10.7 Å². The lowest BCUT2D eigenvalue weighted by Crippen LogP contribution is -2.39. The van der Waals surface area contributed by atoms with Crippen LogP contribution in [-0.4, -0.2) is 29.6 Å². The Kier molecular flexibility index (Phi) is 4.52. The highest BCUT2D eigenvalue weighted by Gasteiger charge is 2.42. The molecule has 0 radical (unpaired) electrons. The Bertz CT molecular complexity index is 597.